The maximum Gasteiger partial charge on any atom is 0.246 e. The molecule has 2 N–H and O–H groups in total. The van der Waals surface area contributed by atoms with E-state index < -0.39 is 12.0 Å². The van der Waals surface area contributed by atoms with Crippen molar-refractivity contribution in [3.63, 3.8) is 0 Å². The van der Waals surface area contributed by atoms with Crippen LogP contribution in [0, 0.1) is 0 Å². The van der Waals surface area contributed by atoms with E-state index in [0.717, 1.165) is 5.56 Å². The number of primary amides is 1. The number of rotatable bonds is 5. The Kier molecular flexibility index (Phi) is 4.31. The molecule has 0 saturated carbocycles. The van der Waals surface area contributed by atoms with Gasteiger partial charge in [-0.3, -0.25) is 4.79 Å². The molecule has 0 heterocycles. The summed E-state index contributed by atoms with van der Waals surface area (Å²) in [5, 5.41) is 0. The topological polar surface area (TPSA) is 52.3 Å². The highest BCUT2D eigenvalue weighted by Crippen LogP contribution is 2.07. The van der Waals surface area contributed by atoms with E-state index in [4.69, 9.17) is 10.5 Å². The van der Waals surface area contributed by atoms with Crippen LogP contribution in [0.4, 0.5) is 0 Å². The molecule has 0 radical (unpaired) electrons. The van der Waals surface area contributed by atoms with Gasteiger partial charge >= 0.3 is 0 Å². The number of nitrogens with two attached hydrogens (primary N) is 1. The molecule has 1 unspecified atom stereocenters. The van der Waals surface area contributed by atoms with Gasteiger partial charge in [0.15, 0.2) is 0 Å². The molecular formula is C12H17NO2. The Morgan fingerprint density at radius 3 is 2.40 bits per heavy atom. The molecule has 0 fully saturated rings. The van der Waals surface area contributed by atoms with Crippen molar-refractivity contribution in [2.75, 3.05) is 0 Å². The summed E-state index contributed by atoms with van der Waals surface area (Å²) >= 11 is 0. The van der Waals surface area contributed by atoms with Crippen molar-refractivity contribution in [3.05, 3.63) is 35.9 Å². The van der Waals surface area contributed by atoms with Crippen LogP contribution >= 0.6 is 0 Å². The second-order valence-electron chi connectivity index (χ2n) is 3.77. The fraction of sp³-hybridized carbons (Fsp3) is 0.417. The van der Waals surface area contributed by atoms with E-state index in [9.17, 15) is 4.79 Å². The molecule has 3 nitrogen and oxygen atoms in total. The maximum absolute atomic E-state index is 11.1. The SMILES string of the molecule is CC(C)OC(Cc1ccccc1)C(N)=O. The van der Waals surface area contributed by atoms with Crippen molar-refractivity contribution in [1.29, 1.82) is 0 Å². The zero-order valence-electron chi connectivity index (χ0n) is 9.14. The van der Waals surface area contributed by atoms with Gasteiger partial charge in [-0.25, -0.2) is 0 Å². The second-order valence-corrected chi connectivity index (χ2v) is 3.77. The molecule has 1 aromatic rings. The average Bonchev–Trinajstić information content (AvgIpc) is 2.17. The molecule has 0 aliphatic heterocycles. The minimum atomic E-state index is -0.535. The summed E-state index contributed by atoms with van der Waals surface area (Å²) in [6.07, 6.45) is 0.00700. The molecule has 1 aromatic carbocycles. The van der Waals surface area contributed by atoms with Crippen LogP contribution in [0.3, 0.4) is 0 Å². The predicted molar refractivity (Wildman–Crippen MR) is 59.3 cm³/mol. The molecule has 3 heteroatoms. The van der Waals surface area contributed by atoms with E-state index in [2.05, 4.69) is 0 Å². The molecule has 1 amide bonds. The predicted octanol–water partition coefficient (Wildman–Crippen LogP) is 1.51. The van der Waals surface area contributed by atoms with Gasteiger partial charge in [-0.2, -0.15) is 0 Å². The van der Waals surface area contributed by atoms with E-state index in [0.29, 0.717) is 6.42 Å². The number of amides is 1. The number of ether oxygens (including phenoxy) is 1. The highest BCUT2D eigenvalue weighted by Gasteiger charge is 2.17. The Morgan fingerprint density at radius 1 is 1.33 bits per heavy atom. The lowest BCUT2D eigenvalue weighted by molar-refractivity contribution is -0.132. The van der Waals surface area contributed by atoms with Gasteiger partial charge in [0.1, 0.15) is 6.10 Å². The Balaban J connectivity index is 2.63. The Labute approximate surface area is 90.2 Å². The first kappa shape index (κ1) is 11.7. The van der Waals surface area contributed by atoms with E-state index in [-0.39, 0.29) is 6.10 Å². The third-order valence-corrected chi connectivity index (χ3v) is 2.02. The maximum atomic E-state index is 11.1. The van der Waals surface area contributed by atoms with Crippen molar-refractivity contribution in [2.24, 2.45) is 5.73 Å². The minimum Gasteiger partial charge on any atom is -0.367 e. The minimum absolute atomic E-state index is 0.00575. The highest BCUT2D eigenvalue weighted by atomic mass is 16.5. The highest BCUT2D eigenvalue weighted by molar-refractivity contribution is 5.79. The average molecular weight is 207 g/mol. The smallest absolute Gasteiger partial charge is 0.246 e. The van der Waals surface area contributed by atoms with Crippen molar-refractivity contribution in [1.82, 2.24) is 0 Å². The van der Waals surface area contributed by atoms with E-state index >= 15 is 0 Å². The third kappa shape index (κ3) is 4.13. The number of benzene rings is 1. The van der Waals surface area contributed by atoms with Crippen molar-refractivity contribution < 1.29 is 9.53 Å². The number of hydrogen-bond donors (Lipinski definition) is 1. The number of carbonyl (C=O) groups is 1. The normalized spacial score (nSPS) is 12.7. The fourth-order valence-electron chi connectivity index (χ4n) is 1.37. The van der Waals surface area contributed by atoms with Gasteiger partial charge in [0.2, 0.25) is 5.91 Å². The van der Waals surface area contributed by atoms with E-state index in [1.165, 1.54) is 0 Å². The summed E-state index contributed by atoms with van der Waals surface area (Å²) in [7, 11) is 0. The molecule has 0 aliphatic rings. The third-order valence-electron chi connectivity index (χ3n) is 2.02. The van der Waals surface area contributed by atoms with Gasteiger partial charge in [-0.1, -0.05) is 30.3 Å². The van der Waals surface area contributed by atoms with Crippen LogP contribution in [0.5, 0.6) is 0 Å². The molecular weight excluding hydrogens is 190 g/mol. The standard InChI is InChI=1S/C12H17NO2/c1-9(2)15-11(12(13)14)8-10-6-4-3-5-7-10/h3-7,9,11H,8H2,1-2H3,(H2,13,14). The lowest BCUT2D eigenvalue weighted by Crippen LogP contribution is -2.35. The van der Waals surface area contributed by atoms with Gasteiger partial charge in [0.25, 0.3) is 0 Å². The lowest BCUT2D eigenvalue weighted by atomic mass is 10.1. The first-order chi connectivity index (χ1) is 7.09. The van der Waals surface area contributed by atoms with Gasteiger partial charge < -0.3 is 10.5 Å². The molecule has 1 rings (SSSR count). The summed E-state index contributed by atoms with van der Waals surface area (Å²) in [4.78, 5) is 11.1. The van der Waals surface area contributed by atoms with Gasteiger partial charge in [0.05, 0.1) is 6.10 Å². The van der Waals surface area contributed by atoms with Gasteiger partial charge in [0, 0.05) is 6.42 Å². The number of hydrogen-bond acceptors (Lipinski definition) is 2. The molecule has 15 heavy (non-hydrogen) atoms. The monoisotopic (exact) mass is 207 g/mol. The Bertz CT molecular complexity index is 309. The second kappa shape index (κ2) is 5.51. The zero-order valence-corrected chi connectivity index (χ0v) is 9.14. The first-order valence-corrected chi connectivity index (χ1v) is 5.08. The van der Waals surface area contributed by atoms with E-state index in [1.807, 2.05) is 44.2 Å². The van der Waals surface area contributed by atoms with Gasteiger partial charge in [-0.05, 0) is 19.4 Å². The van der Waals surface area contributed by atoms with Crippen molar-refractivity contribution >= 4 is 5.91 Å². The Hall–Kier alpha value is -1.35. The molecule has 0 bridgehead atoms. The van der Waals surface area contributed by atoms with Crippen molar-refractivity contribution in [2.45, 2.75) is 32.5 Å². The summed E-state index contributed by atoms with van der Waals surface area (Å²) in [6.45, 7) is 3.78. The fourth-order valence-corrected chi connectivity index (χ4v) is 1.37. The van der Waals surface area contributed by atoms with Crippen LogP contribution in [0.2, 0.25) is 0 Å². The largest absolute Gasteiger partial charge is 0.367 e. The molecule has 0 aliphatic carbocycles. The molecule has 0 spiro atoms. The van der Waals surface area contributed by atoms with Crippen LogP contribution in [-0.4, -0.2) is 18.1 Å². The molecule has 0 saturated heterocycles. The van der Waals surface area contributed by atoms with Crippen LogP contribution in [0.25, 0.3) is 0 Å². The van der Waals surface area contributed by atoms with E-state index in [1.54, 1.807) is 0 Å². The van der Waals surface area contributed by atoms with Gasteiger partial charge in [-0.15, -0.1) is 0 Å². The summed E-state index contributed by atoms with van der Waals surface area (Å²) < 4.78 is 5.44. The summed E-state index contributed by atoms with van der Waals surface area (Å²) in [5.74, 6) is -0.410. The van der Waals surface area contributed by atoms with Crippen LogP contribution < -0.4 is 5.73 Å². The number of carbonyl (C=O) groups excluding carboxylic acids is 1. The zero-order chi connectivity index (χ0) is 11.3. The Morgan fingerprint density at radius 2 is 1.93 bits per heavy atom. The molecule has 1 atom stereocenters. The summed E-state index contributed by atoms with van der Waals surface area (Å²) in [5.41, 5.74) is 6.33. The first-order valence-electron chi connectivity index (χ1n) is 5.08. The lowest BCUT2D eigenvalue weighted by Gasteiger charge is -2.17. The van der Waals surface area contributed by atoms with Crippen molar-refractivity contribution in [3.8, 4) is 0 Å². The summed E-state index contributed by atoms with van der Waals surface area (Å²) in [6, 6.07) is 9.72. The molecule has 82 valence electrons. The molecule has 0 aromatic heterocycles. The quantitative estimate of drug-likeness (QED) is 0.795. The van der Waals surface area contributed by atoms with Crippen LogP contribution in [0.15, 0.2) is 30.3 Å². The van der Waals surface area contributed by atoms with Crippen LogP contribution in [0.1, 0.15) is 19.4 Å². The van der Waals surface area contributed by atoms with Crippen LogP contribution in [-0.2, 0) is 16.0 Å².